The van der Waals surface area contributed by atoms with Crippen LogP contribution in [0.5, 0.6) is 5.75 Å². The molecule has 1 saturated carbocycles. The van der Waals surface area contributed by atoms with Crippen molar-refractivity contribution in [2.75, 3.05) is 7.11 Å². The van der Waals surface area contributed by atoms with Gasteiger partial charge in [-0.2, -0.15) is 0 Å². The third kappa shape index (κ3) is 2.86. The number of benzene rings is 1. The fraction of sp³-hybridized carbons (Fsp3) is 0.500. The van der Waals surface area contributed by atoms with Gasteiger partial charge in [0.2, 0.25) is 0 Å². The highest BCUT2D eigenvalue weighted by atomic mass is 16.5. The van der Waals surface area contributed by atoms with Crippen molar-refractivity contribution in [3.63, 3.8) is 0 Å². The zero-order valence-electron chi connectivity index (χ0n) is 11.7. The van der Waals surface area contributed by atoms with Crippen LogP contribution in [0.4, 0.5) is 0 Å². The summed E-state index contributed by atoms with van der Waals surface area (Å²) in [5.41, 5.74) is 1.74. The molecule has 0 heterocycles. The van der Waals surface area contributed by atoms with Crippen LogP contribution >= 0.6 is 0 Å². The number of Topliss-reactive ketones (excluding diaryl/α,β-unsaturated/α-hetero) is 2. The Morgan fingerprint density at radius 1 is 1.37 bits per heavy atom. The average Bonchev–Trinajstić information content (AvgIpc) is 2.83. The van der Waals surface area contributed by atoms with E-state index in [1.165, 1.54) is 0 Å². The second kappa shape index (κ2) is 5.55. The van der Waals surface area contributed by atoms with Crippen LogP contribution in [0.25, 0.3) is 0 Å². The molecule has 0 aliphatic heterocycles. The van der Waals surface area contributed by atoms with Crippen molar-refractivity contribution in [2.24, 2.45) is 5.92 Å². The Labute approximate surface area is 114 Å². The summed E-state index contributed by atoms with van der Waals surface area (Å²) in [6.45, 7) is 4.18. The normalized spacial score (nSPS) is 18.9. The first-order valence-electron chi connectivity index (χ1n) is 6.76. The zero-order chi connectivity index (χ0) is 14.0. The predicted octanol–water partition coefficient (Wildman–Crippen LogP) is 3.37. The van der Waals surface area contributed by atoms with Crippen molar-refractivity contribution in [3.05, 3.63) is 29.3 Å². The van der Waals surface area contributed by atoms with Gasteiger partial charge in [0, 0.05) is 18.8 Å². The molecule has 1 unspecified atom stereocenters. The van der Waals surface area contributed by atoms with Gasteiger partial charge in [-0.15, -0.1) is 0 Å². The number of rotatable bonds is 4. The lowest BCUT2D eigenvalue weighted by molar-refractivity contribution is -0.117. The van der Waals surface area contributed by atoms with Crippen LogP contribution < -0.4 is 4.74 Å². The van der Waals surface area contributed by atoms with Gasteiger partial charge in [0.15, 0.2) is 5.78 Å². The minimum Gasteiger partial charge on any atom is -0.496 e. The summed E-state index contributed by atoms with van der Waals surface area (Å²) in [5, 5.41) is 0. The molecule has 0 radical (unpaired) electrons. The van der Waals surface area contributed by atoms with Crippen LogP contribution in [0.1, 0.15) is 54.9 Å². The fourth-order valence-corrected chi connectivity index (χ4v) is 2.54. The van der Waals surface area contributed by atoms with Crippen molar-refractivity contribution in [1.29, 1.82) is 0 Å². The Bertz CT molecular complexity index is 503. The lowest BCUT2D eigenvalue weighted by atomic mass is 9.92. The first kappa shape index (κ1) is 13.8. The van der Waals surface area contributed by atoms with E-state index in [0.29, 0.717) is 36.5 Å². The van der Waals surface area contributed by atoms with Gasteiger partial charge < -0.3 is 4.74 Å². The van der Waals surface area contributed by atoms with Crippen LogP contribution in [-0.4, -0.2) is 18.7 Å². The first-order valence-corrected chi connectivity index (χ1v) is 6.76. The molecule has 1 aromatic carbocycles. The molecule has 1 aromatic rings. The molecule has 1 aliphatic carbocycles. The lowest BCUT2D eigenvalue weighted by Gasteiger charge is -2.14. The SMILES string of the molecule is COc1ccc(C(C)C)cc1C(=O)C1CCC(=O)C1. The van der Waals surface area contributed by atoms with Gasteiger partial charge in [-0.25, -0.2) is 0 Å². The van der Waals surface area contributed by atoms with Crippen LogP contribution in [0.2, 0.25) is 0 Å². The number of carbonyl (C=O) groups is 2. The van der Waals surface area contributed by atoms with Gasteiger partial charge in [0.25, 0.3) is 0 Å². The summed E-state index contributed by atoms with van der Waals surface area (Å²) in [4.78, 5) is 23.9. The highest BCUT2D eigenvalue weighted by molar-refractivity contribution is 6.03. The zero-order valence-corrected chi connectivity index (χ0v) is 11.7. The molecule has 102 valence electrons. The van der Waals surface area contributed by atoms with Gasteiger partial charge in [-0.05, 0) is 30.0 Å². The Kier molecular flexibility index (Phi) is 4.03. The van der Waals surface area contributed by atoms with Gasteiger partial charge in [0.1, 0.15) is 11.5 Å². The van der Waals surface area contributed by atoms with E-state index in [2.05, 4.69) is 13.8 Å². The van der Waals surface area contributed by atoms with Crippen molar-refractivity contribution < 1.29 is 14.3 Å². The van der Waals surface area contributed by atoms with Gasteiger partial charge in [0.05, 0.1) is 12.7 Å². The Hall–Kier alpha value is -1.64. The molecule has 1 atom stereocenters. The fourth-order valence-electron chi connectivity index (χ4n) is 2.54. The molecule has 19 heavy (non-hydrogen) atoms. The maximum Gasteiger partial charge on any atom is 0.170 e. The van der Waals surface area contributed by atoms with E-state index in [9.17, 15) is 9.59 Å². The molecule has 2 rings (SSSR count). The van der Waals surface area contributed by atoms with E-state index in [1.807, 2.05) is 18.2 Å². The molecule has 3 heteroatoms. The molecular formula is C16H20O3. The average molecular weight is 260 g/mol. The molecule has 1 fully saturated rings. The minimum absolute atomic E-state index is 0.0465. The lowest BCUT2D eigenvalue weighted by Crippen LogP contribution is -2.13. The van der Waals surface area contributed by atoms with Crippen molar-refractivity contribution >= 4 is 11.6 Å². The molecule has 0 aromatic heterocycles. The van der Waals surface area contributed by atoms with E-state index in [4.69, 9.17) is 4.74 Å². The predicted molar refractivity (Wildman–Crippen MR) is 73.8 cm³/mol. The third-order valence-corrected chi connectivity index (χ3v) is 3.77. The molecule has 1 aliphatic rings. The molecular weight excluding hydrogens is 240 g/mol. The smallest absolute Gasteiger partial charge is 0.170 e. The maximum absolute atomic E-state index is 12.5. The largest absolute Gasteiger partial charge is 0.496 e. The van der Waals surface area contributed by atoms with Crippen LogP contribution in [0, 0.1) is 5.92 Å². The number of ether oxygens (including phenoxy) is 1. The highest BCUT2D eigenvalue weighted by Gasteiger charge is 2.30. The molecule has 0 N–H and O–H groups in total. The summed E-state index contributed by atoms with van der Waals surface area (Å²) in [6.07, 6.45) is 1.59. The topological polar surface area (TPSA) is 43.4 Å². The maximum atomic E-state index is 12.5. The standard InChI is InChI=1S/C16H20O3/c1-10(2)11-5-7-15(19-3)14(9-11)16(18)12-4-6-13(17)8-12/h5,7,9-10,12H,4,6,8H2,1-3H3. The Morgan fingerprint density at radius 2 is 2.11 bits per heavy atom. The van der Waals surface area contributed by atoms with Crippen LogP contribution in [0.15, 0.2) is 18.2 Å². The molecule has 3 nitrogen and oxygen atoms in total. The second-order valence-corrected chi connectivity index (χ2v) is 5.46. The number of carbonyl (C=O) groups excluding carboxylic acids is 2. The van der Waals surface area contributed by atoms with Gasteiger partial charge in [-0.1, -0.05) is 19.9 Å². The first-order chi connectivity index (χ1) is 9.02. The summed E-state index contributed by atoms with van der Waals surface area (Å²) < 4.78 is 5.28. The monoisotopic (exact) mass is 260 g/mol. The molecule has 0 amide bonds. The number of hydrogen-bond acceptors (Lipinski definition) is 3. The van der Waals surface area contributed by atoms with Crippen LogP contribution in [-0.2, 0) is 4.79 Å². The van der Waals surface area contributed by atoms with E-state index in [1.54, 1.807) is 7.11 Å². The Balaban J connectivity index is 2.33. The quantitative estimate of drug-likeness (QED) is 0.779. The summed E-state index contributed by atoms with van der Waals surface area (Å²) in [6, 6.07) is 5.74. The van der Waals surface area contributed by atoms with Crippen LogP contribution in [0.3, 0.4) is 0 Å². The third-order valence-electron chi connectivity index (χ3n) is 3.77. The number of methoxy groups -OCH3 is 1. The minimum atomic E-state index is -0.163. The van der Waals surface area contributed by atoms with Crippen molar-refractivity contribution in [3.8, 4) is 5.75 Å². The highest BCUT2D eigenvalue weighted by Crippen LogP contribution is 2.31. The van der Waals surface area contributed by atoms with Crippen molar-refractivity contribution in [2.45, 2.75) is 39.0 Å². The molecule has 0 spiro atoms. The van der Waals surface area contributed by atoms with Gasteiger partial charge >= 0.3 is 0 Å². The number of hydrogen-bond donors (Lipinski definition) is 0. The Morgan fingerprint density at radius 3 is 2.63 bits per heavy atom. The van der Waals surface area contributed by atoms with E-state index >= 15 is 0 Å². The number of ketones is 2. The van der Waals surface area contributed by atoms with E-state index in [-0.39, 0.29) is 17.5 Å². The van der Waals surface area contributed by atoms with Crippen molar-refractivity contribution in [1.82, 2.24) is 0 Å². The molecule has 0 saturated heterocycles. The molecule has 0 bridgehead atoms. The summed E-state index contributed by atoms with van der Waals surface area (Å²) >= 11 is 0. The summed E-state index contributed by atoms with van der Waals surface area (Å²) in [7, 11) is 1.57. The summed E-state index contributed by atoms with van der Waals surface area (Å²) in [5.74, 6) is 1.04. The van der Waals surface area contributed by atoms with E-state index in [0.717, 1.165) is 5.56 Å². The van der Waals surface area contributed by atoms with E-state index < -0.39 is 0 Å². The van der Waals surface area contributed by atoms with Gasteiger partial charge in [-0.3, -0.25) is 9.59 Å². The second-order valence-electron chi connectivity index (χ2n) is 5.46.